The van der Waals surface area contributed by atoms with Crippen molar-refractivity contribution in [2.24, 2.45) is 5.92 Å². The predicted octanol–water partition coefficient (Wildman–Crippen LogP) is 5.76. The van der Waals surface area contributed by atoms with Gasteiger partial charge in [-0.25, -0.2) is 0 Å². The second kappa shape index (κ2) is 11.6. The lowest BCUT2D eigenvalue weighted by molar-refractivity contribution is -0.384. The summed E-state index contributed by atoms with van der Waals surface area (Å²) in [5.74, 6) is -2.91. The Morgan fingerprint density at radius 3 is 2.28 bits per heavy atom. The first-order valence-corrected chi connectivity index (χ1v) is 16.1. The zero-order valence-electron chi connectivity index (χ0n) is 23.0. The molecule has 9 nitrogen and oxygen atoms in total. The summed E-state index contributed by atoms with van der Waals surface area (Å²) in [5.41, 5.74) is 1.17. The van der Waals surface area contributed by atoms with Gasteiger partial charge in [-0.2, -0.15) is 0 Å². The first kappa shape index (κ1) is 30.5. The number of ketones is 1. The smallest absolute Gasteiger partial charge is 0.311 e. The van der Waals surface area contributed by atoms with E-state index in [4.69, 9.17) is 16.0 Å². The molecule has 39 heavy (non-hydrogen) atoms. The van der Waals surface area contributed by atoms with E-state index in [1.54, 1.807) is 6.07 Å². The summed E-state index contributed by atoms with van der Waals surface area (Å²) in [5, 5.41) is 23.7. The number of β-lactam (4-membered cyclic amide) rings is 1. The Hall–Kier alpha value is -3.08. The van der Waals surface area contributed by atoms with Crippen molar-refractivity contribution in [3.05, 3.63) is 74.3 Å². The number of nitrogens with one attached hydrogen (secondary N) is 1. The van der Waals surface area contributed by atoms with Gasteiger partial charge < -0.3 is 14.8 Å². The van der Waals surface area contributed by atoms with Gasteiger partial charge >= 0.3 is 5.97 Å². The van der Waals surface area contributed by atoms with Crippen LogP contribution in [0.4, 0.5) is 5.69 Å². The van der Waals surface area contributed by atoms with Crippen LogP contribution in [-0.2, 0) is 20.4 Å². The number of carboxylic acids is 1. The molecule has 1 amide bonds. The number of benzene rings is 2. The molecule has 210 valence electrons. The van der Waals surface area contributed by atoms with Crippen LogP contribution in [0.15, 0.2) is 42.5 Å². The maximum atomic E-state index is 13.1. The lowest BCUT2D eigenvalue weighted by Crippen LogP contribution is -2.64. The minimum absolute atomic E-state index is 0.0163. The number of carbonyl (C=O) groups excluding carboxylic acids is 2. The maximum absolute atomic E-state index is 13.1. The van der Waals surface area contributed by atoms with Crippen LogP contribution in [0.1, 0.15) is 61.5 Å². The highest BCUT2D eigenvalue weighted by Gasteiger charge is 2.48. The number of Topliss-reactive ketones (excluding diaryl/α,β-unsaturated/α-hetero) is 1. The quantitative estimate of drug-likeness (QED) is 0.114. The van der Waals surface area contributed by atoms with E-state index in [1.807, 2.05) is 6.92 Å². The van der Waals surface area contributed by atoms with Gasteiger partial charge in [0.2, 0.25) is 5.91 Å². The summed E-state index contributed by atoms with van der Waals surface area (Å²) < 4.78 is 6.40. The van der Waals surface area contributed by atoms with Gasteiger partial charge in [0.1, 0.15) is 0 Å². The van der Waals surface area contributed by atoms with Crippen molar-refractivity contribution in [1.29, 1.82) is 0 Å². The second-order valence-corrected chi connectivity index (χ2v) is 16.8. The molecule has 1 heterocycles. The monoisotopic (exact) mass is 574 g/mol. The first-order chi connectivity index (χ1) is 18.0. The van der Waals surface area contributed by atoms with E-state index in [1.165, 1.54) is 36.4 Å². The van der Waals surface area contributed by atoms with E-state index >= 15 is 0 Å². The standard InChI is InChI=1S/C28H35ClN2O7Si/c1-16(38-39(5,6)28(2,3)4)25-23(30-26(25)33)15-24(32)18-9-12-20(22(29)14-18)21(27(34)35)13-17-7-10-19(11-8-17)31(36)37/h7-12,14,16,21,23,25H,13,15H2,1-6H3,(H,30,33)(H,34,35)/t16-,21?,23-,25-/m1/s1. The number of aliphatic carboxylic acids is 1. The molecule has 0 spiro atoms. The van der Waals surface area contributed by atoms with Crippen LogP contribution in [0, 0.1) is 16.0 Å². The van der Waals surface area contributed by atoms with Gasteiger partial charge in [-0.3, -0.25) is 24.5 Å². The maximum Gasteiger partial charge on any atom is 0.311 e. The van der Waals surface area contributed by atoms with Crippen molar-refractivity contribution in [3.8, 4) is 0 Å². The lowest BCUT2D eigenvalue weighted by Gasteiger charge is -2.45. The molecular formula is C28H35ClN2O7Si. The average Bonchev–Trinajstić information content (AvgIpc) is 2.81. The molecule has 2 aromatic rings. The largest absolute Gasteiger partial charge is 0.481 e. The van der Waals surface area contributed by atoms with Crippen molar-refractivity contribution >= 4 is 43.3 Å². The molecule has 4 atom stereocenters. The van der Waals surface area contributed by atoms with Crippen LogP contribution >= 0.6 is 11.6 Å². The highest BCUT2D eigenvalue weighted by Crippen LogP contribution is 2.39. The van der Waals surface area contributed by atoms with Gasteiger partial charge in [0.15, 0.2) is 14.1 Å². The molecule has 2 N–H and O–H groups in total. The van der Waals surface area contributed by atoms with Crippen LogP contribution < -0.4 is 5.32 Å². The van der Waals surface area contributed by atoms with E-state index in [-0.39, 0.29) is 52.4 Å². The highest BCUT2D eigenvalue weighted by molar-refractivity contribution is 6.74. The Morgan fingerprint density at radius 1 is 1.18 bits per heavy atom. The Bertz CT molecular complexity index is 1270. The molecule has 0 bridgehead atoms. The van der Waals surface area contributed by atoms with Crippen LogP contribution in [0.2, 0.25) is 23.2 Å². The van der Waals surface area contributed by atoms with Gasteiger partial charge in [-0.05, 0) is 48.7 Å². The Labute approximate surface area is 234 Å². The van der Waals surface area contributed by atoms with Crippen LogP contribution in [0.5, 0.6) is 0 Å². The van der Waals surface area contributed by atoms with Gasteiger partial charge in [-0.15, -0.1) is 0 Å². The lowest BCUT2D eigenvalue weighted by atomic mass is 9.82. The predicted molar refractivity (Wildman–Crippen MR) is 151 cm³/mol. The molecule has 3 rings (SSSR count). The number of nitrogens with zero attached hydrogens (tertiary/aromatic N) is 1. The topological polar surface area (TPSA) is 136 Å². The van der Waals surface area contributed by atoms with Crippen molar-refractivity contribution in [2.45, 2.75) is 76.7 Å². The number of rotatable bonds is 11. The molecule has 0 aromatic heterocycles. The zero-order chi connectivity index (χ0) is 29.3. The minimum Gasteiger partial charge on any atom is -0.481 e. The van der Waals surface area contributed by atoms with Crippen molar-refractivity contribution in [2.75, 3.05) is 0 Å². The molecule has 0 radical (unpaired) electrons. The fourth-order valence-corrected chi connectivity index (χ4v) is 6.25. The molecule has 0 saturated carbocycles. The number of amides is 1. The molecule has 1 aliphatic rings. The van der Waals surface area contributed by atoms with Gasteiger partial charge in [0, 0.05) is 29.1 Å². The number of carbonyl (C=O) groups is 3. The third kappa shape index (κ3) is 6.92. The van der Waals surface area contributed by atoms with Crippen LogP contribution in [-0.4, -0.2) is 48.2 Å². The zero-order valence-corrected chi connectivity index (χ0v) is 24.7. The Morgan fingerprint density at radius 2 is 1.79 bits per heavy atom. The molecule has 1 aliphatic heterocycles. The van der Waals surface area contributed by atoms with Gasteiger partial charge in [0.25, 0.3) is 5.69 Å². The van der Waals surface area contributed by atoms with Crippen molar-refractivity contribution in [3.63, 3.8) is 0 Å². The summed E-state index contributed by atoms with van der Waals surface area (Å²) in [4.78, 5) is 47.9. The van der Waals surface area contributed by atoms with Crippen LogP contribution in [0.25, 0.3) is 0 Å². The van der Waals surface area contributed by atoms with E-state index in [2.05, 4.69) is 39.2 Å². The fourth-order valence-electron chi connectivity index (χ4n) is 4.51. The number of hydrogen-bond acceptors (Lipinski definition) is 6. The van der Waals surface area contributed by atoms with Gasteiger partial charge in [0.05, 0.1) is 28.9 Å². The van der Waals surface area contributed by atoms with E-state index in [0.717, 1.165) is 0 Å². The van der Waals surface area contributed by atoms with E-state index in [9.17, 15) is 29.6 Å². The number of halogens is 1. The number of nitro benzene ring substituents is 1. The number of nitro groups is 1. The summed E-state index contributed by atoms with van der Waals surface area (Å²) in [7, 11) is -2.11. The van der Waals surface area contributed by atoms with Crippen molar-refractivity contribution < 1.29 is 28.8 Å². The second-order valence-electron chi connectivity index (χ2n) is 11.6. The molecule has 1 saturated heterocycles. The average molecular weight is 575 g/mol. The third-order valence-electron chi connectivity index (χ3n) is 7.84. The van der Waals surface area contributed by atoms with E-state index < -0.39 is 31.0 Å². The van der Waals surface area contributed by atoms with Crippen molar-refractivity contribution in [1.82, 2.24) is 5.32 Å². The first-order valence-electron chi connectivity index (χ1n) is 12.8. The SMILES string of the molecule is C[C@@H](O[Si](C)(C)C(C)(C)C)[C@H]1C(=O)N[C@@H]1CC(=O)c1ccc(C(Cc2ccc([N+](=O)[O-])cc2)C(=O)O)c(Cl)c1. The molecule has 2 aromatic carbocycles. The molecular weight excluding hydrogens is 540 g/mol. The Balaban J connectivity index is 1.71. The summed E-state index contributed by atoms with van der Waals surface area (Å²) >= 11 is 6.46. The number of non-ortho nitro benzene ring substituents is 1. The molecule has 1 fully saturated rings. The normalized spacial score (nSPS) is 19.0. The minimum atomic E-state index is -2.11. The highest BCUT2D eigenvalue weighted by atomic mass is 35.5. The van der Waals surface area contributed by atoms with E-state index in [0.29, 0.717) is 16.7 Å². The molecule has 11 heteroatoms. The van der Waals surface area contributed by atoms with Crippen LogP contribution in [0.3, 0.4) is 0 Å². The summed E-state index contributed by atoms with van der Waals surface area (Å²) in [6.45, 7) is 12.5. The molecule has 1 unspecified atom stereocenters. The number of carboxylic acid groups (broad SMARTS) is 1. The summed E-state index contributed by atoms with van der Waals surface area (Å²) in [6.07, 6.45) is -0.191. The third-order valence-corrected chi connectivity index (χ3v) is 12.7. The fraction of sp³-hybridized carbons (Fsp3) is 0.464. The number of hydrogen-bond donors (Lipinski definition) is 2. The summed E-state index contributed by atoms with van der Waals surface area (Å²) in [6, 6.07) is 9.83. The Kier molecular flexibility index (Phi) is 9.04. The van der Waals surface area contributed by atoms with Gasteiger partial charge in [-0.1, -0.05) is 56.6 Å². The molecule has 0 aliphatic carbocycles.